The molecule has 0 aliphatic heterocycles. The van der Waals surface area contributed by atoms with Gasteiger partial charge in [-0.25, -0.2) is 0 Å². The standard InChI is InChI=1S/C13H17Br/c1-10-6-7-13(9-12(10)3)11(2)5-4-8-14/h5-7,9H,4,8H2,1-3H3. The highest BCUT2D eigenvalue weighted by molar-refractivity contribution is 9.09. The van der Waals surface area contributed by atoms with E-state index < -0.39 is 0 Å². The Labute approximate surface area is 95.2 Å². The van der Waals surface area contributed by atoms with E-state index >= 15 is 0 Å². The number of benzene rings is 1. The van der Waals surface area contributed by atoms with Crippen LogP contribution in [0.25, 0.3) is 5.57 Å². The van der Waals surface area contributed by atoms with Gasteiger partial charge in [0.25, 0.3) is 0 Å². The smallest absolute Gasteiger partial charge is 0.00661 e. The molecule has 1 aromatic carbocycles. The Morgan fingerprint density at radius 2 is 2.00 bits per heavy atom. The minimum atomic E-state index is 1.04. The molecule has 0 nitrogen and oxygen atoms in total. The van der Waals surface area contributed by atoms with Crippen LogP contribution in [0, 0.1) is 13.8 Å². The minimum absolute atomic E-state index is 1.04. The molecule has 76 valence electrons. The highest BCUT2D eigenvalue weighted by Crippen LogP contribution is 2.18. The van der Waals surface area contributed by atoms with Crippen LogP contribution >= 0.6 is 15.9 Å². The van der Waals surface area contributed by atoms with Crippen molar-refractivity contribution in [1.29, 1.82) is 0 Å². The van der Waals surface area contributed by atoms with Crippen LogP contribution in [-0.2, 0) is 0 Å². The zero-order chi connectivity index (χ0) is 10.6. The van der Waals surface area contributed by atoms with Crippen molar-refractivity contribution in [2.45, 2.75) is 27.2 Å². The third-order valence-corrected chi connectivity index (χ3v) is 2.98. The Bertz CT molecular complexity index is 337. The maximum Gasteiger partial charge on any atom is 0.00661 e. The molecule has 0 saturated heterocycles. The number of alkyl halides is 1. The number of halogens is 1. The first kappa shape index (κ1) is 11.5. The van der Waals surface area contributed by atoms with E-state index in [-0.39, 0.29) is 0 Å². The average Bonchev–Trinajstić information content (AvgIpc) is 2.18. The molecule has 0 spiro atoms. The largest absolute Gasteiger partial charge is 0.0925 e. The molecule has 0 aliphatic carbocycles. The number of hydrogen-bond acceptors (Lipinski definition) is 0. The molecule has 0 atom stereocenters. The molecule has 0 radical (unpaired) electrons. The van der Waals surface area contributed by atoms with Crippen LogP contribution in [0.4, 0.5) is 0 Å². The summed E-state index contributed by atoms with van der Waals surface area (Å²) in [4.78, 5) is 0. The van der Waals surface area contributed by atoms with Crippen LogP contribution in [0.15, 0.2) is 24.3 Å². The van der Waals surface area contributed by atoms with Crippen molar-refractivity contribution in [2.24, 2.45) is 0 Å². The van der Waals surface area contributed by atoms with E-state index in [2.05, 4.69) is 61.0 Å². The zero-order valence-electron chi connectivity index (χ0n) is 9.10. The second-order valence-electron chi connectivity index (χ2n) is 3.66. The maximum atomic E-state index is 3.43. The quantitative estimate of drug-likeness (QED) is 0.696. The zero-order valence-corrected chi connectivity index (χ0v) is 10.7. The van der Waals surface area contributed by atoms with Crippen LogP contribution in [0.1, 0.15) is 30.0 Å². The first-order chi connectivity index (χ1) is 6.65. The van der Waals surface area contributed by atoms with Crippen molar-refractivity contribution in [1.82, 2.24) is 0 Å². The molecule has 1 rings (SSSR count). The Kier molecular flexibility index (Phi) is 4.40. The molecule has 0 aromatic heterocycles. The van der Waals surface area contributed by atoms with Gasteiger partial charge in [0.1, 0.15) is 0 Å². The van der Waals surface area contributed by atoms with Crippen molar-refractivity contribution in [2.75, 3.05) is 5.33 Å². The predicted octanol–water partition coefficient (Wildman–Crippen LogP) is 4.49. The van der Waals surface area contributed by atoms with Gasteiger partial charge >= 0.3 is 0 Å². The molecule has 0 bridgehead atoms. The molecule has 0 heterocycles. The van der Waals surface area contributed by atoms with Gasteiger partial charge in [-0.3, -0.25) is 0 Å². The van der Waals surface area contributed by atoms with Gasteiger partial charge in [-0.2, -0.15) is 0 Å². The van der Waals surface area contributed by atoms with Gasteiger partial charge in [-0.1, -0.05) is 40.2 Å². The Hall–Kier alpha value is -0.560. The lowest BCUT2D eigenvalue weighted by molar-refractivity contribution is 1.25. The molecule has 1 aromatic rings. The van der Waals surface area contributed by atoms with E-state index in [9.17, 15) is 0 Å². The lowest BCUT2D eigenvalue weighted by atomic mass is 10.0. The van der Waals surface area contributed by atoms with Crippen molar-refractivity contribution < 1.29 is 0 Å². The summed E-state index contributed by atoms with van der Waals surface area (Å²) in [5.41, 5.74) is 5.44. The van der Waals surface area contributed by atoms with Crippen LogP contribution < -0.4 is 0 Å². The van der Waals surface area contributed by atoms with Gasteiger partial charge < -0.3 is 0 Å². The molecule has 0 unspecified atom stereocenters. The van der Waals surface area contributed by atoms with Crippen molar-refractivity contribution >= 4 is 21.5 Å². The average molecular weight is 253 g/mol. The molecule has 14 heavy (non-hydrogen) atoms. The summed E-state index contributed by atoms with van der Waals surface area (Å²) in [6.45, 7) is 6.49. The van der Waals surface area contributed by atoms with Gasteiger partial charge in [0.05, 0.1) is 0 Å². The van der Waals surface area contributed by atoms with Gasteiger partial charge in [-0.05, 0) is 49.5 Å². The SMILES string of the molecule is CC(=CCCBr)c1ccc(C)c(C)c1. The molecule has 1 heteroatoms. The number of rotatable bonds is 3. The summed E-state index contributed by atoms with van der Waals surface area (Å²) in [6, 6.07) is 6.65. The summed E-state index contributed by atoms with van der Waals surface area (Å²) in [5.74, 6) is 0. The molecular formula is C13H17Br. The fourth-order valence-corrected chi connectivity index (χ4v) is 1.60. The van der Waals surface area contributed by atoms with E-state index in [1.54, 1.807) is 0 Å². The molecule has 0 fully saturated rings. The van der Waals surface area contributed by atoms with Crippen LogP contribution in [0.2, 0.25) is 0 Å². The second kappa shape index (κ2) is 5.35. The normalized spacial score (nSPS) is 11.9. The molecular weight excluding hydrogens is 236 g/mol. The molecule has 0 aliphatic rings. The predicted molar refractivity (Wildman–Crippen MR) is 68.0 cm³/mol. The Morgan fingerprint density at radius 3 is 2.57 bits per heavy atom. The van der Waals surface area contributed by atoms with Crippen molar-refractivity contribution in [3.05, 3.63) is 41.0 Å². The molecule has 0 saturated carbocycles. The first-order valence-corrected chi connectivity index (χ1v) is 6.07. The maximum absolute atomic E-state index is 3.43. The first-order valence-electron chi connectivity index (χ1n) is 4.95. The van der Waals surface area contributed by atoms with E-state index in [4.69, 9.17) is 0 Å². The van der Waals surface area contributed by atoms with Crippen molar-refractivity contribution in [3.8, 4) is 0 Å². The second-order valence-corrected chi connectivity index (χ2v) is 4.46. The Balaban J connectivity index is 2.91. The third-order valence-electron chi connectivity index (χ3n) is 2.52. The summed E-state index contributed by atoms with van der Waals surface area (Å²) in [7, 11) is 0. The van der Waals surface area contributed by atoms with E-state index in [0.29, 0.717) is 0 Å². The lowest BCUT2D eigenvalue weighted by Gasteiger charge is -2.05. The highest BCUT2D eigenvalue weighted by atomic mass is 79.9. The fraction of sp³-hybridized carbons (Fsp3) is 0.385. The van der Waals surface area contributed by atoms with E-state index in [0.717, 1.165) is 11.8 Å². The van der Waals surface area contributed by atoms with E-state index in [1.807, 2.05) is 0 Å². The number of allylic oxidation sites excluding steroid dienone is 2. The van der Waals surface area contributed by atoms with Crippen LogP contribution in [0.5, 0.6) is 0 Å². The molecule has 0 amide bonds. The highest BCUT2D eigenvalue weighted by Gasteiger charge is 1.97. The summed E-state index contributed by atoms with van der Waals surface area (Å²) >= 11 is 3.43. The fourth-order valence-electron chi connectivity index (χ4n) is 1.38. The molecule has 0 N–H and O–H groups in total. The summed E-state index contributed by atoms with van der Waals surface area (Å²) in [5, 5.41) is 1.04. The topological polar surface area (TPSA) is 0 Å². The minimum Gasteiger partial charge on any atom is -0.0925 e. The number of aryl methyl sites for hydroxylation is 2. The van der Waals surface area contributed by atoms with Gasteiger partial charge in [0, 0.05) is 5.33 Å². The monoisotopic (exact) mass is 252 g/mol. The van der Waals surface area contributed by atoms with Gasteiger partial charge in [-0.15, -0.1) is 0 Å². The van der Waals surface area contributed by atoms with Crippen LogP contribution in [-0.4, -0.2) is 5.33 Å². The van der Waals surface area contributed by atoms with Crippen LogP contribution in [0.3, 0.4) is 0 Å². The van der Waals surface area contributed by atoms with Gasteiger partial charge in [0.15, 0.2) is 0 Å². The van der Waals surface area contributed by atoms with Crippen molar-refractivity contribution in [3.63, 3.8) is 0 Å². The number of hydrogen-bond donors (Lipinski definition) is 0. The lowest BCUT2D eigenvalue weighted by Crippen LogP contribution is -1.85. The third kappa shape index (κ3) is 2.98. The van der Waals surface area contributed by atoms with E-state index in [1.165, 1.54) is 22.3 Å². The van der Waals surface area contributed by atoms with Gasteiger partial charge in [0.2, 0.25) is 0 Å². The summed E-state index contributed by atoms with van der Waals surface area (Å²) in [6.07, 6.45) is 3.37. The summed E-state index contributed by atoms with van der Waals surface area (Å²) < 4.78 is 0. The Morgan fingerprint density at radius 1 is 1.29 bits per heavy atom.